The first-order chi connectivity index (χ1) is 11.4. The number of primary amides is 1. The summed E-state index contributed by atoms with van der Waals surface area (Å²) in [6.45, 7) is 0.790. The van der Waals surface area contributed by atoms with Gasteiger partial charge in [0.1, 0.15) is 30.4 Å². The van der Waals surface area contributed by atoms with Crippen molar-refractivity contribution in [2.75, 3.05) is 40.0 Å². The lowest BCUT2D eigenvalue weighted by Crippen LogP contribution is -2.58. The molecule has 0 saturated carbocycles. The predicted molar refractivity (Wildman–Crippen MR) is 82.8 cm³/mol. The van der Waals surface area contributed by atoms with Gasteiger partial charge >= 0.3 is 0 Å². The molecule has 1 atom stereocenters. The third kappa shape index (κ3) is 4.90. The van der Waals surface area contributed by atoms with Crippen molar-refractivity contribution in [2.45, 2.75) is 12.0 Å². The van der Waals surface area contributed by atoms with Crippen LogP contribution in [0.4, 0.5) is 4.39 Å². The molecule has 2 N–H and O–H groups in total. The summed E-state index contributed by atoms with van der Waals surface area (Å²) in [5.74, 6) is -0.696. The SMILES string of the molecule is COCC(=O)N1CCOC(COc2ccc(F)cc2)(CC(N)=O)C1. The third-order valence-electron chi connectivity index (χ3n) is 3.68. The molecule has 1 aliphatic heterocycles. The van der Waals surface area contributed by atoms with E-state index in [0.29, 0.717) is 12.3 Å². The van der Waals surface area contributed by atoms with Crippen molar-refractivity contribution in [3.63, 3.8) is 0 Å². The van der Waals surface area contributed by atoms with Crippen LogP contribution in [-0.2, 0) is 19.1 Å². The Hall–Kier alpha value is -2.19. The maximum atomic E-state index is 12.9. The number of rotatable bonds is 7. The van der Waals surface area contributed by atoms with Crippen molar-refractivity contribution in [1.82, 2.24) is 4.90 Å². The average Bonchev–Trinajstić information content (AvgIpc) is 2.54. The number of hydrogen-bond donors (Lipinski definition) is 1. The highest BCUT2D eigenvalue weighted by Gasteiger charge is 2.40. The second-order valence-electron chi connectivity index (χ2n) is 5.67. The minimum absolute atomic E-state index is 0.0122. The van der Waals surface area contributed by atoms with Crippen LogP contribution < -0.4 is 10.5 Å². The summed E-state index contributed by atoms with van der Waals surface area (Å²) in [5.41, 5.74) is 4.29. The number of hydrogen-bond acceptors (Lipinski definition) is 5. The van der Waals surface area contributed by atoms with E-state index < -0.39 is 11.5 Å². The maximum absolute atomic E-state index is 12.9. The van der Waals surface area contributed by atoms with Gasteiger partial charge in [0.15, 0.2) is 0 Å². The van der Waals surface area contributed by atoms with E-state index in [0.717, 1.165) is 0 Å². The number of methoxy groups -OCH3 is 1. The molecule has 8 heteroatoms. The van der Waals surface area contributed by atoms with Gasteiger partial charge in [0.2, 0.25) is 11.8 Å². The highest BCUT2D eigenvalue weighted by atomic mass is 19.1. The van der Waals surface area contributed by atoms with Crippen LogP contribution in [0.3, 0.4) is 0 Å². The van der Waals surface area contributed by atoms with Crippen LogP contribution in [0.1, 0.15) is 6.42 Å². The molecule has 2 rings (SSSR count). The van der Waals surface area contributed by atoms with Crippen LogP contribution in [0.2, 0.25) is 0 Å². The molecule has 0 aliphatic carbocycles. The van der Waals surface area contributed by atoms with Gasteiger partial charge in [-0.05, 0) is 24.3 Å². The van der Waals surface area contributed by atoms with E-state index >= 15 is 0 Å². The van der Waals surface area contributed by atoms with Crippen molar-refractivity contribution >= 4 is 11.8 Å². The Morgan fingerprint density at radius 3 is 2.71 bits per heavy atom. The lowest BCUT2D eigenvalue weighted by atomic mass is 9.97. The number of carbonyl (C=O) groups excluding carboxylic acids is 2. The highest BCUT2D eigenvalue weighted by molar-refractivity contribution is 5.78. The first-order valence-corrected chi connectivity index (χ1v) is 7.51. The molecule has 2 amide bonds. The zero-order valence-electron chi connectivity index (χ0n) is 13.5. The fourth-order valence-electron chi connectivity index (χ4n) is 2.58. The van der Waals surface area contributed by atoms with E-state index in [9.17, 15) is 14.0 Å². The normalized spacial score (nSPS) is 20.7. The summed E-state index contributed by atoms with van der Waals surface area (Å²) in [7, 11) is 1.44. The third-order valence-corrected chi connectivity index (χ3v) is 3.68. The van der Waals surface area contributed by atoms with E-state index in [-0.39, 0.29) is 44.5 Å². The molecule has 1 unspecified atom stereocenters. The van der Waals surface area contributed by atoms with Crippen LogP contribution in [0.5, 0.6) is 5.75 Å². The standard InChI is InChI=1S/C16H21FN2O5/c1-22-9-15(21)19-6-7-24-16(10-19,8-14(18)20)11-23-13-4-2-12(17)3-5-13/h2-5H,6-11H2,1H3,(H2,18,20). The molecule has 0 bridgehead atoms. The molecule has 24 heavy (non-hydrogen) atoms. The summed E-state index contributed by atoms with van der Waals surface area (Å²) in [6, 6.07) is 5.49. The second kappa shape index (κ2) is 8.07. The Balaban J connectivity index is 2.08. The molecule has 1 fully saturated rings. The van der Waals surface area contributed by atoms with E-state index in [1.54, 1.807) is 4.90 Å². The first-order valence-electron chi connectivity index (χ1n) is 7.51. The van der Waals surface area contributed by atoms with Gasteiger partial charge in [-0.1, -0.05) is 0 Å². The Labute approximate surface area is 139 Å². The maximum Gasteiger partial charge on any atom is 0.248 e. The van der Waals surface area contributed by atoms with Crippen LogP contribution in [0, 0.1) is 5.82 Å². The second-order valence-corrected chi connectivity index (χ2v) is 5.67. The zero-order valence-corrected chi connectivity index (χ0v) is 13.5. The van der Waals surface area contributed by atoms with Crippen LogP contribution in [-0.4, -0.2) is 62.3 Å². The van der Waals surface area contributed by atoms with Gasteiger partial charge in [-0.15, -0.1) is 0 Å². The zero-order chi connectivity index (χ0) is 17.6. The number of ether oxygens (including phenoxy) is 3. The van der Waals surface area contributed by atoms with Crippen molar-refractivity contribution in [1.29, 1.82) is 0 Å². The molecule has 1 aromatic carbocycles. The smallest absolute Gasteiger partial charge is 0.248 e. The largest absolute Gasteiger partial charge is 0.490 e. The number of halogens is 1. The molecular weight excluding hydrogens is 319 g/mol. The quantitative estimate of drug-likeness (QED) is 0.772. The molecule has 0 radical (unpaired) electrons. The summed E-state index contributed by atoms with van der Waals surface area (Å²) in [6.07, 6.45) is -0.0923. The van der Waals surface area contributed by atoms with E-state index in [1.807, 2.05) is 0 Å². The van der Waals surface area contributed by atoms with Crippen LogP contribution in [0.25, 0.3) is 0 Å². The summed E-state index contributed by atoms with van der Waals surface area (Å²) in [5, 5.41) is 0. The van der Waals surface area contributed by atoms with Gasteiger partial charge in [0.05, 0.1) is 19.6 Å². The Morgan fingerprint density at radius 1 is 1.38 bits per heavy atom. The summed E-state index contributed by atoms with van der Waals surface area (Å²) in [4.78, 5) is 25.0. The molecule has 1 heterocycles. The average molecular weight is 340 g/mol. The molecule has 1 aliphatic rings. The number of nitrogens with zero attached hydrogens (tertiary/aromatic N) is 1. The molecular formula is C16H21FN2O5. The van der Waals surface area contributed by atoms with Crippen molar-refractivity contribution in [2.24, 2.45) is 5.73 Å². The predicted octanol–water partition coefficient (Wildman–Crippen LogP) is 0.324. The molecule has 132 valence electrons. The summed E-state index contributed by atoms with van der Waals surface area (Å²) < 4.78 is 29.2. The van der Waals surface area contributed by atoms with Gasteiger partial charge < -0.3 is 24.8 Å². The number of carbonyl (C=O) groups is 2. The van der Waals surface area contributed by atoms with E-state index in [1.165, 1.54) is 31.4 Å². The Bertz CT molecular complexity index is 580. The molecule has 0 spiro atoms. The number of morpholine rings is 1. The molecule has 0 aromatic heterocycles. The number of amides is 2. The Kier molecular flexibility index (Phi) is 6.10. The minimum atomic E-state index is -1.04. The van der Waals surface area contributed by atoms with Gasteiger partial charge in [-0.25, -0.2) is 4.39 Å². The number of benzene rings is 1. The van der Waals surface area contributed by atoms with Crippen LogP contribution in [0.15, 0.2) is 24.3 Å². The van der Waals surface area contributed by atoms with E-state index in [2.05, 4.69) is 0 Å². The fourth-order valence-corrected chi connectivity index (χ4v) is 2.58. The number of nitrogens with two attached hydrogens (primary N) is 1. The first kappa shape index (κ1) is 18.2. The van der Waals surface area contributed by atoms with Crippen molar-refractivity contribution < 1.29 is 28.2 Å². The van der Waals surface area contributed by atoms with Crippen LogP contribution >= 0.6 is 0 Å². The molecule has 1 saturated heterocycles. The summed E-state index contributed by atoms with van der Waals surface area (Å²) >= 11 is 0. The van der Waals surface area contributed by atoms with Gasteiger partial charge in [-0.2, -0.15) is 0 Å². The van der Waals surface area contributed by atoms with E-state index in [4.69, 9.17) is 19.9 Å². The van der Waals surface area contributed by atoms with Gasteiger partial charge in [0.25, 0.3) is 0 Å². The monoisotopic (exact) mass is 340 g/mol. The van der Waals surface area contributed by atoms with Gasteiger partial charge in [-0.3, -0.25) is 9.59 Å². The molecule has 1 aromatic rings. The molecule has 7 nitrogen and oxygen atoms in total. The van der Waals surface area contributed by atoms with Crippen molar-refractivity contribution in [3.05, 3.63) is 30.1 Å². The van der Waals surface area contributed by atoms with Gasteiger partial charge in [0, 0.05) is 13.7 Å². The lowest BCUT2D eigenvalue weighted by Gasteiger charge is -2.41. The highest BCUT2D eigenvalue weighted by Crippen LogP contribution is 2.24. The fraction of sp³-hybridized carbons (Fsp3) is 0.500. The Morgan fingerprint density at radius 2 is 2.08 bits per heavy atom. The topological polar surface area (TPSA) is 91.1 Å². The lowest BCUT2D eigenvalue weighted by molar-refractivity contribution is -0.164. The minimum Gasteiger partial charge on any atom is -0.490 e. The van der Waals surface area contributed by atoms with Crippen molar-refractivity contribution in [3.8, 4) is 5.75 Å².